The molecular weight excluding hydrogens is 288 g/mol. The molecule has 1 fully saturated rings. The van der Waals surface area contributed by atoms with Gasteiger partial charge in [-0.05, 0) is 23.1 Å². The molecule has 2 rings (SSSR count). The number of benzene rings is 1. The van der Waals surface area contributed by atoms with Crippen LogP contribution in [0.4, 0.5) is 0 Å². The molecule has 100 valence electrons. The number of hydrogen-bond acceptors (Lipinski definition) is 2. The number of nitrogens with one attached hydrogen (secondary N) is 1. The molecule has 1 aliphatic heterocycles. The van der Waals surface area contributed by atoms with Crippen LogP contribution in [0.25, 0.3) is 0 Å². The van der Waals surface area contributed by atoms with E-state index in [1.165, 1.54) is 10.0 Å². The van der Waals surface area contributed by atoms with Gasteiger partial charge < -0.3 is 5.32 Å². The number of piperazine rings is 1. The standard InChI is InChI=1S/C15H23BrN2/c1-15(2,3)14-10-17-7-8-18(14)11-12-5-4-6-13(16)9-12/h4-6,9,14,17H,7-8,10-11H2,1-3H3. The van der Waals surface area contributed by atoms with E-state index >= 15 is 0 Å². The Bertz CT molecular complexity index is 398. The lowest BCUT2D eigenvalue weighted by Gasteiger charge is -2.43. The third-order valence-electron chi connectivity index (χ3n) is 3.63. The first-order chi connectivity index (χ1) is 8.47. The van der Waals surface area contributed by atoms with E-state index in [0.29, 0.717) is 11.5 Å². The van der Waals surface area contributed by atoms with Crippen molar-refractivity contribution in [2.45, 2.75) is 33.4 Å². The second-order valence-electron chi connectivity index (χ2n) is 6.19. The molecule has 0 spiro atoms. The summed E-state index contributed by atoms with van der Waals surface area (Å²) in [5.41, 5.74) is 1.71. The van der Waals surface area contributed by atoms with E-state index in [1.807, 2.05) is 0 Å². The van der Waals surface area contributed by atoms with Gasteiger partial charge in [-0.1, -0.05) is 48.8 Å². The van der Waals surface area contributed by atoms with Crippen molar-refractivity contribution < 1.29 is 0 Å². The van der Waals surface area contributed by atoms with Crippen LogP contribution in [0.1, 0.15) is 26.3 Å². The van der Waals surface area contributed by atoms with Gasteiger partial charge in [0.15, 0.2) is 0 Å². The molecule has 1 heterocycles. The van der Waals surface area contributed by atoms with E-state index < -0.39 is 0 Å². The average Bonchev–Trinajstić information content (AvgIpc) is 2.28. The molecule has 3 heteroatoms. The van der Waals surface area contributed by atoms with E-state index in [0.717, 1.165) is 26.2 Å². The van der Waals surface area contributed by atoms with Crippen LogP contribution in [-0.4, -0.2) is 30.6 Å². The molecule has 1 aromatic carbocycles. The Balaban J connectivity index is 2.10. The fraction of sp³-hybridized carbons (Fsp3) is 0.600. The van der Waals surface area contributed by atoms with E-state index in [-0.39, 0.29) is 0 Å². The van der Waals surface area contributed by atoms with Crippen molar-refractivity contribution in [1.29, 1.82) is 0 Å². The molecule has 0 amide bonds. The first-order valence-electron chi connectivity index (χ1n) is 6.66. The van der Waals surface area contributed by atoms with E-state index in [9.17, 15) is 0 Å². The summed E-state index contributed by atoms with van der Waals surface area (Å²) in [6, 6.07) is 9.25. The Morgan fingerprint density at radius 2 is 2.17 bits per heavy atom. The first-order valence-corrected chi connectivity index (χ1v) is 7.45. The highest BCUT2D eigenvalue weighted by Gasteiger charge is 2.32. The van der Waals surface area contributed by atoms with Crippen molar-refractivity contribution in [2.75, 3.05) is 19.6 Å². The minimum Gasteiger partial charge on any atom is -0.314 e. The third kappa shape index (κ3) is 3.56. The van der Waals surface area contributed by atoms with Gasteiger partial charge in [-0.15, -0.1) is 0 Å². The fourth-order valence-corrected chi connectivity index (χ4v) is 3.11. The maximum atomic E-state index is 3.55. The van der Waals surface area contributed by atoms with Crippen molar-refractivity contribution >= 4 is 15.9 Å². The van der Waals surface area contributed by atoms with Gasteiger partial charge in [0.1, 0.15) is 0 Å². The van der Waals surface area contributed by atoms with Crippen molar-refractivity contribution in [1.82, 2.24) is 10.2 Å². The second-order valence-corrected chi connectivity index (χ2v) is 7.10. The summed E-state index contributed by atoms with van der Waals surface area (Å²) in [6.07, 6.45) is 0. The smallest absolute Gasteiger partial charge is 0.0273 e. The van der Waals surface area contributed by atoms with Gasteiger partial charge in [0.2, 0.25) is 0 Å². The summed E-state index contributed by atoms with van der Waals surface area (Å²) >= 11 is 3.55. The summed E-state index contributed by atoms with van der Waals surface area (Å²) < 4.78 is 1.17. The lowest BCUT2D eigenvalue weighted by atomic mass is 9.84. The van der Waals surface area contributed by atoms with Crippen LogP contribution < -0.4 is 5.32 Å². The summed E-state index contributed by atoms with van der Waals surface area (Å²) in [5.74, 6) is 0. The van der Waals surface area contributed by atoms with Gasteiger partial charge in [0.25, 0.3) is 0 Å². The van der Waals surface area contributed by atoms with Crippen molar-refractivity contribution in [3.05, 3.63) is 34.3 Å². The molecular formula is C15H23BrN2. The predicted octanol–water partition coefficient (Wildman–Crippen LogP) is 3.27. The Morgan fingerprint density at radius 1 is 1.39 bits per heavy atom. The zero-order valence-electron chi connectivity index (χ0n) is 11.5. The Labute approximate surface area is 119 Å². The highest BCUT2D eigenvalue weighted by atomic mass is 79.9. The first kappa shape index (κ1) is 14.0. The Morgan fingerprint density at radius 3 is 2.83 bits per heavy atom. The van der Waals surface area contributed by atoms with Gasteiger partial charge in [-0.3, -0.25) is 4.90 Å². The number of nitrogens with zero attached hydrogens (tertiary/aromatic N) is 1. The SMILES string of the molecule is CC(C)(C)C1CNCCN1Cc1cccc(Br)c1. The quantitative estimate of drug-likeness (QED) is 0.902. The number of hydrogen-bond donors (Lipinski definition) is 1. The molecule has 1 unspecified atom stereocenters. The summed E-state index contributed by atoms with van der Waals surface area (Å²) in [6.45, 7) is 11.4. The van der Waals surface area contributed by atoms with Crippen molar-refractivity contribution in [2.24, 2.45) is 5.41 Å². The van der Waals surface area contributed by atoms with Crippen LogP contribution in [0.2, 0.25) is 0 Å². The zero-order chi connectivity index (χ0) is 13.2. The number of halogens is 1. The lowest BCUT2D eigenvalue weighted by Crippen LogP contribution is -2.56. The van der Waals surface area contributed by atoms with Gasteiger partial charge >= 0.3 is 0 Å². The number of rotatable bonds is 2. The minimum absolute atomic E-state index is 0.319. The zero-order valence-corrected chi connectivity index (χ0v) is 13.1. The Hall–Kier alpha value is -0.380. The van der Waals surface area contributed by atoms with Crippen LogP contribution in [0, 0.1) is 5.41 Å². The van der Waals surface area contributed by atoms with Crippen LogP contribution in [-0.2, 0) is 6.54 Å². The molecule has 1 N–H and O–H groups in total. The van der Waals surface area contributed by atoms with Crippen molar-refractivity contribution in [3.8, 4) is 0 Å². The predicted molar refractivity (Wildman–Crippen MR) is 80.7 cm³/mol. The second kappa shape index (κ2) is 5.72. The molecule has 0 aliphatic carbocycles. The monoisotopic (exact) mass is 310 g/mol. The fourth-order valence-electron chi connectivity index (χ4n) is 2.66. The third-order valence-corrected chi connectivity index (χ3v) is 4.12. The Kier molecular flexibility index (Phi) is 4.46. The minimum atomic E-state index is 0.319. The summed E-state index contributed by atoms with van der Waals surface area (Å²) in [7, 11) is 0. The molecule has 1 aromatic rings. The molecule has 0 aromatic heterocycles. The maximum absolute atomic E-state index is 3.55. The molecule has 1 saturated heterocycles. The average molecular weight is 311 g/mol. The largest absolute Gasteiger partial charge is 0.314 e. The summed E-state index contributed by atoms with van der Waals surface area (Å²) in [5, 5.41) is 3.52. The van der Waals surface area contributed by atoms with Gasteiger partial charge in [-0.2, -0.15) is 0 Å². The van der Waals surface area contributed by atoms with Crippen LogP contribution >= 0.6 is 15.9 Å². The normalized spacial score (nSPS) is 22.1. The lowest BCUT2D eigenvalue weighted by molar-refractivity contribution is 0.0689. The highest BCUT2D eigenvalue weighted by molar-refractivity contribution is 9.10. The topological polar surface area (TPSA) is 15.3 Å². The van der Waals surface area contributed by atoms with Crippen LogP contribution in [0.5, 0.6) is 0 Å². The van der Waals surface area contributed by atoms with Gasteiger partial charge in [0, 0.05) is 36.7 Å². The van der Waals surface area contributed by atoms with Crippen molar-refractivity contribution in [3.63, 3.8) is 0 Å². The molecule has 2 nitrogen and oxygen atoms in total. The summed E-state index contributed by atoms with van der Waals surface area (Å²) in [4.78, 5) is 2.61. The van der Waals surface area contributed by atoms with E-state index in [1.54, 1.807) is 0 Å². The maximum Gasteiger partial charge on any atom is 0.0273 e. The molecule has 1 aliphatic rings. The molecule has 0 radical (unpaired) electrons. The van der Waals surface area contributed by atoms with E-state index in [4.69, 9.17) is 0 Å². The van der Waals surface area contributed by atoms with Crippen LogP contribution in [0.3, 0.4) is 0 Å². The van der Waals surface area contributed by atoms with E-state index in [2.05, 4.69) is 71.2 Å². The van der Waals surface area contributed by atoms with Gasteiger partial charge in [-0.25, -0.2) is 0 Å². The molecule has 18 heavy (non-hydrogen) atoms. The molecule has 0 bridgehead atoms. The van der Waals surface area contributed by atoms with Crippen LogP contribution in [0.15, 0.2) is 28.7 Å². The molecule has 0 saturated carbocycles. The molecule has 1 atom stereocenters. The van der Waals surface area contributed by atoms with Gasteiger partial charge in [0.05, 0.1) is 0 Å². The highest BCUT2D eigenvalue weighted by Crippen LogP contribution is 2.27.